The summed E-state index contributed by atoms with van der Waals surface area (Å²) in [6.45, 7) is 2.47. The molecule has 0 radical (unpaired) electrons. The third-order valence-electron chi connectivity index (χ3n) is 3.43. The first-order valence-corrected chi connectivity index (χ1v) is 8.00. The molecular formula is C17H18N2OS. The summed E-state index contributed by atoms with van der Waals surface area (Å²) in [6.07, 6.45) is 8.75. The third-order valence-corrected chi connectivity index (χ3v) is 4.48. The van der Waals surface area contributed by atoms with Crippen LogP contribution in [0.4, 0.5) is 0 Å². The summed E-state index contributed by atoms with van der Waals surface area (Å²) in [6, 6.07) is 7.83. The molecule has 1 saturated carbocycles. The van der Waals surface area contributed by atoms with Gasteiger partial charge in [-0.3, -0.25) is 9.78 Å². The Labute approximate surface area is 128 Å². The maximum atomic E-state index is 12.0. The zero-order chi connectivity index (χ0) is 14.7. The summed E-state index contributed by atoms with van der Waals surface area (Å²) in [7, 11) is 0. The summed E-state index contributed by atoms with van der Waals surface area (Å²) >= 11 is 1.73. The molecule has 0 saturated heterocycles. The van der Waals surface area contributed by atoms with Crippen LogP contribution in [0, 0.1) is 12.8 Å². The van der Waals surface area contributed by atoms with Gasteiger partial charge < -0.3 is 5.32 Å². The molecule has 1 fully saturated rings. The number of aromatic nitrogens is 1. The number of hydrogen-bond donors (Lipinski definition) is 1. The quantitative estimate of drug-likeness (QED) is 0.912. The van der Waals surface area contributed by atoms with E-state index in [-0.39, 0.29) is 5.91 Å². The summed E-state index contributed by atoms with van der Waals surface area (Å²) in [5.74, 6) is 0.718. The van der Waals surface area contributed by atoms with Gasteiger partial charge in [-0.05, 0) is 56.0 Å². The second-order valence-electron chi connectivity index (χ2n) is 5.37. The van der Waals surface area contributed by atoms with Crippen molar-refractivity contribution in [3.8, 4) is 0 Å². The van der Waals surface area contributed by atoms with Crippen LogP contribution in [0.3, 0.4) is 0 Å². The Kier molecular flexibility index (Phi) is 4.15. The molecule has 2 aromatic rings. The number of thiophene rings is 1. The smallest absolute Gasteiger partial charge is 0.253 e. The average Bonchev–Trinajstić information content (AvgIpc) is 3.21. The minimum atomic E-state index is -0.0778. The van der Waals surface area contributed by atoms with Gasteiger partial charge in [0.15, 0.2) is 0 Å². The fraction of sp³-hybridized carbons (Fsp3) is 0.294. The number of pyridine rings is 1. The summed E-state index contributed by atoms with van der Waals surface area (Å²) in [5.41, 5.74) is 1.52. The van der Waals surface area contributed by atoms with Crippen molar-refractivity contribution >= 4 is 23.3 Å². The second kappa shape index (κ2) is 6.22. The fourth-order valence-corrected chi connectivity index (χ4v) is 2.84. The third kappa shape index (κ3) is 4.02. The van der Waals surface area contributed by atoms with Crippen molar-refractivity contribution in [2.45, 2.75) is 26.3 Å². The molecule has 0 unspecified atom stereocenters. The Bertz CT molecular complexity index is 654. The first kappa shape index (κ1) is 14.0. The molecule has 0 atom stereocenters. The van der Waals surface area contributed by atoms with E-state index in [0.717, 1.165) is 11.6 Å². The average molecular weight is 298 g/mol. The predicted molar refractivity (Wildman–Crippen MR) is 86.2 cm³/mol. The minimum absolute atomic E-state index is 0.0778. The normalized spacial score (nSPS) is 14.5. The van der Waals surface area contributed by atoms with Crippen molar-refractivity contribution in [3.05, 3.63) is 57.6 Å². The molecule has 1 amide bonds. The lowest BCUT2D eigenvalue weighted by atomic mass is 10.2. The lowest BCUT2D eigenvalue weighted by molar-refractivity contribution is 0.0951. The number of nitrogens with one attached hydrogen (secondary N) is 1. The lowest BCUT2D eigenvalue weighted by Crippen LogP contribution is -2.22. The molecule has 21 heavy (non-hydrogen) atoms. The van der Waals surface area contributed by atoms with Crippen LogP contribution in [0.25, 0.3) is 6.08 Å². The molecule has 0 bridgehead atoms. The van der Waals surface area contributed by atoms with E-state index in [1.165, 1.54) is 22.6 Å². The van der Waals surface area contributed by atoms with Gasteiger partial charge in [0.05, 0.1) is 12.1 Å². The Hall–Kier alpha value is -1.94. The van der Waals surface area contributed by atoms with E-state index in [1.54, 1.807) is 23.6 Å². The van der Waals surface area contributed by atoms with Crippen LogP contribution in [-0.4, -0.2) is 10.9 Å². The van der Waals surface area contributed by atoms with Crippen LogP contribution in [0.5, 0.6) is 0 Å². The molecule has 0 spiro atoms. The van der Waals surface area contributed by atoms with Crippen molar-refractivity contribution in [2.75, 3.05) is 0 Å². The molecular weight excluding hydrogens is 280 g/mol. The van der Waals surface area contributed by atoms with Gasteiger partial charge in [-0.1, -0.05) is 6.08 Å². The predicted octanol–water partition coefficient (Wildman–Crippen LogP) is 3.80. The van der Waals surface area contributed by atoms with E-state index in [2.05, 4.69) is 34.6 Å². The number of allylic oxidation sites excluding steroid dienone is 1. The number of carbonyl (C=O) groups excluding carboxylic acids is 1. The Morgan fingerprint density at radius 1 is 1.38 bits per heavy atom. The zero-order valence-electron chi connectivity index (χ0n) is 12.0. The van der Waals surface area contributed by atoms with Crippen molar-refractivity contribution in [1.29, 1.82) is 0 Å². The van der Waals surface area contributed by atoms with Crippen LogP contribution in [0.15, 0.2) is 36.5 Å². The van der Waals surface area contributed by atoms with Gasteiger partial charge in [-0.25, -0.2) is 0 Å². The van der Waals surface area contributed by atoms with Gasteiger partial charge in [0, 0.05) is 21.6 Å². The van der Waals surface area contributed by atoms with Crippen LogP contribution in [-0.2, 0) is 6.54 Å². The van der Waals surface area contributed by atoms with E-state index >= 15 is 0 Å². The highest BCUT2D eigenvalue weighted by atomic mass is 32.1. The Morgan fingerprint density at radius 3 is 2.95 bits per heavy atom. The summed E-state index contributed by atoms with van der Waals surface area (Å²) in [5, 5.41) is 2.93. The van der Waals surface area contributed by atoms with Gasteiger partial charge in [-0.15, -0.1) is 11.3 Å². The van der Waals surface area contributed by atoms with Gasteiger partial charge >= 0.3 is 0 Å². The monoisotopic (exact) mass is 298 g/mol. The number of hydrogen-bond acceptors (Lipinski definition) is 3. The van der Waals surface area contributed by atoms with Crippen molar-refractivity contribution in [3.63, 3.8) is 0 Å². The molecule has 2 heterocycles. The van der Waals surface area contributed by atoms with Crippen LogP contribution < -0.4 is 5.32 Å². The molecule has 4 heteroatoms. The van der Waals surface area contributed by atoms with Gasteiger partial charge in [0.1, 0.15) is 0 Å². The molecule has 108 valence electrons. The SMILES string of the molecule is Cc1ccc(C(=O)NCc2ccc(/C=C/C3CC3)s2)cn1. The van der Waals surface area contributed by atoms with Crippen LogP contribution in [0.1, 0.15) is 38.6 Å². The number of nitrogens with zero attached hydrogens (tertiary/aromatic N) is 1. The molecule has 0 aliphatic heterocycles. The topological polar surface area (TPSA) is 42.0 Å². The fourth-order valence-electron chi connectivity index (χ4n) is 1.97. The zero-order valence-corrected chi connectivity index (χ0v) is 12.8. The van der Waals surface area contributed by atoms with E-state index in [1.807, 2.05) is 13.0 Å². The highest BCUT2D eigenvalue weighted by Crippen LogP contribution is 2.31. The van der Waals surface area contributed by atoms with E-state index < -0.39 is 0 Å². The van der Waals surface area contributed by atoms with Crippen molar-refractivity contribution in [2.24, 2.45) is 5.92 Å². The van der Waals surface area contributed by atoms with Gasteiger partial charge in [0.25, 0.3) is 5.91 Å². The number of aryl methyl sites for hydroxylation is 1. The minimum Gasteiger partial charge on any atom is -0.347 e. The van der Waals surface area contributed by atoms with Crippen molar-refractivity contribution < 1.29 is 4.79 Å². The van der Waals surface area contributed by atoms with E-state index in [4.69, 9.17) is 0 Å². The van der Waals surface area contributed by atoms with Gasteiger partial charge in [-0.2, -0.15) is 0 Å². The molecule has 3 nitrogen and oxygen atoms in total. The Morgan fingerprint density at radius 2 is 2.24 bits per heavy atom. The van der Waals surface area contributed by atoms with Crippen LogP contribution in [0.2, 0.25) is 0 Å². The Balaban J connectivity index is 1.54. The molecule has 1 N–H and O–H groups in total. The highest BCUT2D eigenvalue weighted by molar-refractivity contribution is 7.12. The first-order chi connectivity index (χ1) is 10.2. The molecule has 3 rings (SSSR count). The standard InChI is InChI=1S/C17H18N2OS/c1-12-2-6-14(10-18-12)17(20)19-11-16-9-8-15(21-16)7-5-13-3-4-13/h2,5-10,13H,3-4,11H2,1H3,(H,19,20)/b7-5+. The molecule has 1 aliphatic carbocycles. The molecule has 2 aromatic heterocycles. The number of carbonyl (C=O) groups is 1. The first-order valence-electron chi connectivity index (χ1n) is 7.18. The lowest BCUT2D eigenvalue weighted by Gasteiger charge is -2.03. The molecule has 1 aliphatic rings. The summed E-state index contributed by atoms with van der Waals surface area (Å²) in [4.78, 5) is 18.6. The second-order valence-corrected chi connectivity index (χ2v) is 6.57. The maximum Gasteiger partial charge on any atom is 0.253 e. The maximum absolute atomic E-state index is 12.0. The van der Waals surface area contributed by atoms with Gasteiger partial charge in [0.2, 0.25) is 0 Å². The summed E-state index contributed by atoms with van der Waals surface area (Å²) < 4.78 is 0. The van der Waals surface area contributed by atoms with Crippen molar-refractivity contribution in [1.82, 2.24) is 10.3 Å². The highest BCUT2D eigenvalue weighted by Gasteiger charge is 2.17. The van der Waals surface area contributed by atoms with Crippen LogP contribution >= 0.6 is 11.3 Å². The number of amides is 1. The largest absolute Gasteiger partial charge is 0.347 e. The van der Waals surface area contributed by atoms with E-state index in [0.29, 0.717) is 12.1 Å². The molecule has 0 aromatic carbocycles. The number of rotatable bonds is 5. The van der Waals surface area contributed by atoms with E-state index in [9.17, 15) is 4.79 Å².